The third kappa shape index (κ3) is 2.01. The first-order chi connectivity index (χ1) is 9.06. The summed E-state index contributed by atoms with van der Waals surface area (Å²) in [7, 11) is 0. The zero-order valence-corrected chi connectivity index (χ0v) is 11.5. The molecule has 6 heteroatoms. The van der Waals surface area contributed by atoms with Gasteiger partial charge >= 0.3 is 5.97 Å². The highest BCUT2D eigenvalue weighted by Crippen LogP contribution is 2.31. The summed E-state index contributed by atoms with van der Waals surface area (Å²) in [6.07, 6.45) is 1.87. The minimum absolute atomic E-state index is 0.0551. The molecule has 0 saturated carbocycles. The van der Waals surface area contributed by atoms with E-state index in [0.29, 0.717) is 15.7 Å². The Hall–Kier alpha value is -1.85. The van der Waals surface area contributed by atoms with Crippen LogP contribution in [-0.2, 0) is 0 Å². The lowest BCUT2D eigenvalue weighted by atomic mass is 10.2. The van der Waals surface area contributed by atoms with Crippen LogP contribution in [0.4, 0.5) is 0 Å². The van der Waals surface area contributed by atoms with E-state index in [1.165, 1.54) is 11.3 Å². The van der Waals surface area contributed by atoms with Gasteiger partial charge in [0.05, 0.1) is 14.7 Å². The van der Waals surface area contributed by atoms with Gasteiger partial charge in [0.15, 0.2) is 11.5 Å². The molecule has 0 amide bonds. The molecular formula is C13H9ClN2O2S. The van der Waals surface area contributed by atoms with E-state index in [1.54, 1.807) is 16.5 Å². The second kappa shape index (κ2) is 4.36. The van der Waals surface area contributed by atoms with Crippen molar-refractivity contribution in [2.45, 2.75) is 6.92 Å². The zero-order valence-electron chi connectivity index (χ0n) is 9.92. The Morgan fingerprint density at radius 2 is 2.16 bits per heavy atom. The molecule has 0 aromatic carbocycles. The first-order valence-corrected chi connectivity index (χ1v) is 6.73. The molecule has 0 aliphatic carbocycles. The molecule has 1 N–H and O–H groups in total. The van der Waals surface area contributed by atoms with Gasteiger partial charge in [0.1, 0.15) is 0 Å². The minimum Gasteiger partial charge on any atom is -0.476 e. The number of aromatic carboxylic acids is 1. The lowest BCUT2D eigenvalue weighted by Gasteiger charge is -2.00. The molecule has 3 aromatic rings. The second-order valence-corrected chi connectivity index (χ2v) is 5.87. The molecular weight excluding hydrogens is 284 g/mol. The van der Waals surface area contributed by atoms with Crippen molar-refractivity contribution in [2.24, 2.45) is 0 Å². The number of carbonyl (C=O) groups is 1. The molecule has 0 unspecified atom stereocenters. The summed E-state index contributed by atoms with van der Waals surface area (Å²) >= 11 is 7.30. The standard InChI is InChI=1S/C13H9ClN2O2S/c1-7-2-3-8-11(13(17)18)15-12(16(8)6-7)9-4-5-10(14)19-9/h2-6H,1H3,(H,17,18). The molecule has 96 valence electrons. The molecule has 3 heterocycles. The fourth-order valence-electron chi connectivity index (χ4n) is 1.96. The first-order valence-electron chi connectivity index (χ1n) is 5.54. The van der Waals surface area contributed by atoms with Crippen molar-refractivity contribution in [3.8, 4) is 10.7 Å². The molecule has 3 rings (SSSR count). The molecule has 3 aromatic heterocycles. The number of aromatic nitrogens is 2. The zero-order chi connectivity index (χ0) is 13.6. The van der Waals surface area contributed by atoms with Gasteiger partial charge in [-0.15, -0.1) is 11.3 Å². The van der Waals surface area contributed by atoms with Crippen molar-refractivity contribution < 1.29 is 9.90 Å². The summed E-state index contributed by atoms with van der Waals surface area (Å²) in [6, 6.07) is 7.26. The van der Waals surface area contributed by atoms with Gasteiger partial charge in [0, 0.05) is 6.20 Å². The predicted octanol–water partition coefficient (Wildman–Crippen LogP) is 3.72. The largest absolute Gasteiger partial charge is 0.476 e. The molecule has 0 radical (unpaired) electrons. The average molecular weight is 293 g/mol. The van der Waals surface area contributed by atoms with E-state index < -0.39 is 5.97 Å². The highest BCUT2D eigenvalue weighted by Gasteiger charge is 2.18. The number of pyridine rings is 1. The van der Waals surface area contributed by atoms with Gasteiger partial charge in [-0.3, -0.25) is 4.40 Å². The molecule has 0 spiro atoms. The average Bonchev–Trinajstić information content (AvgIpc) is 2.92. The van der Waals surface area contributed by atoms with Crippen LogP contribution in [0.5, 0.6) is 0 Å². The number of carboxylic acids is 1. The number of nitrogens with zero attached hydrogens (tertiary/aromatic N) is 2. The number of hydrogen-bond acceptors (Lipinski definition) is 3. The summed E-state index contributed by atoms with van der Waals surface area (Å²) in [4.78, 5) is 16.3. The van der Waals surface area contributed by atoms with Gasteiger partial charge in [-0.2, -0.15) is 0 Å². The Labute approximate surface area is 117 Å². The van der Waals surface area contributed by atoms with Gasteiger partial charge < -0.3 is 5.11 Å². The van der Waals surface area contributed by atoms with E-state index >= 15 is 0 Å². The second-order valence-electron chi connectivity index (χ2n) is 4.15. The van der Waals surface area contributed by atoms with Crippen LogP contribution < -0.4 is 0 Å². The third-order valence-electron chi connectivity index (χ3n) is 2.78. The normalized spacial score (nSPS) is 11.1. The molecule has 0 fully saturated rings. The fraction of sp³-hybridized carbons (Fsp3) is 0.0769. The van der Waals surface area contributed by atoms with E-state index in [1.807, 2.05) is 25.3 Å². The van der Waals surface area contributed by atoms with E-state index in [2.05, 4.69) is 4.98 Å². The van der Waals surface area contributed by atoms with Crippen LogP contribution in [0.25, 0.3) is 16.2 Å². The lowest BCUT2D eigenvalue weighted by molar-refractivity contribution is 0.0693. The smallest absolute Gasteiger partial charge is 0.356 e. The van der Waals surface area contributed by atoms with Gasteiger partial charge in [-0.25, -0.2) is 9.78 Å². The number of aryl methyl sites for hydroxylation is 1. The van der Waals surface area contributed by atoms with E-state index in [-0.39, 0.29) is 5.69 Å². The van der Waals surface area contributed by atoms with Crippen LogP contribution in [0, 0.1) is 6.92 Å². The third-order valence-corrected chi connectivity index (χ3v) is 4.01. The van der Waals surface area contributed by atoms with Gasteiger partial charge in [-0.05, 0) is 30.7 Å². The summed E-state index contributed by atoms with van der Waals surface area (Å²) in [6.45, 7) is 1.95. The van der Waals surface area contributed by atoms with Crippen LogP contribution in [-0.4, -0.2) is 20.5 Å². The van der Waals surface area contributed by atoms with Gasteiger partial charge in [0.25, 0.3) is 0 Å². The summed E-state index contributed by atoms with van der Waals surface area (Å²) in [5.74, 6) is -0.428. The maximum atomic E-state index is 11.3. The number of hydrogen-bond donors (Lipinski definition) is 1. The summed E-state index contributed by atoms with van der Waals surface area (Å²) in [5.41, 5.74) is 1.67. The first kappa shape index (κ1) is 12.2. The molecule has 19 heavy (non-hydrogen) atoms. The van der Waals surface area contributed by atoms with Crippen molar-refractivity contribution >= 4 is 34.4 Å². The molecule has 4 nitrogen and oxygen atoms in total. The monoisotopic (exact) mass is 292 g/mol. The Morgan fingerprint density at radius 1 is 1.37 bits per heavy atom. The number of rotatable bonds is 2. The maximum Gasteiger partial charge on any atom is 0.356 e. The SMILES string of the molecule is Cc1ccc2c(C(=O)O)nc(-c3ccc(Cl)s3)n2c1. The Kier molecular flexibility index (Phi) is 2.80. The number of thiophene rings is 1. The highest BCUT2D eigenvalue weighted by molar-refractivity contribution is 7.19. The Morgan fingerprint density at radius 3 is 2.79 bits per heavy atom. The van der Waals surface area contributed by atoms with Crippen molar-refractivity contribution in [3.05, 3.63) is 46.1 Å². The lowest BCUT2D eigenvalue weighted by Crippen LogP contribution is -1.97. The molecule has 0 aliphatic rings. The molecule has 0 bridgehead atoms. The molecule has 0 aliphatic heterocycles. The van der Waals surface area contributed by atoms with Crippen LogP contribution >= 0.6 is 22.9 Å². The topological polar surface area (TPSA) is 54.6 Å². The van der Waals surface area contributed by atoms with Crippen molar-refractivity contribution in [2.75, 3.05) is 0 Å². The predicted molar refractivity (Wildman–Crippen MR) is 75.2 cm³/mol. The van der Waals surface area contributed by atoms with E-state index in [9.17, 15) is 9.90 Å². The van der Waals surface area contributed by atoms with Gasteiger partial charge in [0.2, 0.25) is 0 Å². The summed E-state index contributed by atoms with van der Waals surface area (Å²) in [5, 5.41) is 9.22. The maximum absolute atomic E-state index is 11.3. The molecule has 0 atom stereocenters. The number of carboxylic acid groups (broad SMARTS) is 1. The Balaban J connectivity index is 2.35. The van der Waals surface area contributed by atoms with Crippen molar-refractivity contribution in [1.29, 1.82) is 0 Å². The Bertz CT molecular complexity index is 791. The van der Waals surface area contributed by atoms with Crippen LogP contribution in [0.15, 0.2) is 30.5 Å². The van der Waals surface area contributed by atoms with Crippen molar-refractivity contribution in [1.82, 2.24) is 9.38 Å². The van der Waals surface area contributed by atoms with Crippen molar-refractivity contribution in [3.63, 3.8) is 0 Å². The van der Waals surface area contributed by atoms with E-state index in [4.69, 9.17) is 11.6 Å². The highest BCUT2D eigenvalue weighted by atomic mass is 35.5. The fourth-order valence-corrected chi connectivity index (χ4v) is 2.99. The number of imidazole rings is 1. The summed E-state index contributed by atoms with van der Waals surface area (Å²) < 4.78 is 2.44. The number of halogens is 1. The minimum atomic E-state index is -1.03. The van der Waals surface area contributed by atoms with Crippen LogP contribution in [0.1, 0.15) is 16.1 Å². The van der Waals surface area contributed by atoms with Gasteiger partial charge in [-0.1, -0.05) is 17.7 Å². The quantitative estimate of drug-likeness (QED) is 0.783. The van der Waals surface area contributed by atoms with Crippen LogP contribution in [0.3, 0.4) is 0 Å². The van der Waals surface area contributed by atoms with E-state index in [0.717, 1.165) is 10.4 Å². The number of fused-ring (bicyclic) bond motifs is 1. The van der Waals surface area contributed by atoms with Crippen LogP contribution in [0.2, 0.25) is 4.34 Å². The molecule has 0 saturated heterocycles.